The van der Waals surface area contributed by atoms with Crippen LogP contribution in [0.2, 0.25) is 0 Å². The van der Waals surface area contributed by atoms with Gasteiger partial charge in [0.2, 0.25) is 5.91 Å². The van der Waals surface area contributed by atoms with Gasteiger partial charge in [0.15, 0.2) is 15.0 Å². The molecule has 8 nitrogen and oxygen atoms in total. The van der Waals surface area contributed by atoms with Crippen molar-refractivity contribution in [1.82, 2.24) is 9.99 Å². The average Bonchev–Trinajstić information content (AvgIpc) is 3.28. The second-order valence-corrected chi connectivity index (χ2v) is 10.7. The minimum Gasteiger partial charge on any atom is -0.297 e. The monoisotopic (exact) mass is 446 g/mol. The van der Waals surface area contributed by atoms with Crippen LogP contribution >= 0.6 is 11.3 Å². The molecule has 1 saturated heterocycles. The second kappa shape index (κ2) is 7.92. The summed E-state index contributed by atoms with van der Waals surface area (Å²) < 4.78 is 23.5. The summed E-state index contributed by atoms with van der Waals surface area (Å²) >= 11 is 1.32. The minimum atomic E-state index is -3.16. The Hall–Kier alpha value is -2.59. The Morgan fingerprint density at radius 3 is 2.77 bits per heavy atom. The quantitative estimate of drug-likeness (QED) is 0.776. The van der Waals surface area contributed by atoms with Crippen LogP contribution in [0.25, 0.3) is 11.3 Å². The van der Waals surface area contributed by atoms with E-state index in [4.69, 9.17) is 0 Å². The van der Waals surface area contributed by atoms with Crippen LogP contribution in [0.3, 0.4) is 0 Å². The van der Waals surface area contributed by atoms with Crippen LogP contribution < -0.4 is 5.32 Å². The summed E-state index contributed by atoms with van der Waals surface area (Å²) in [5, 5.41) is 10.5. The summed E-state index contributed by atoms with van der Waals surface area (Å²) in [4.78, 5) is 29.4. The minimum absolute atomic E-state index is 0.0405. The number of carbonyl (C=O) groups excluding carboxylic acids is 2. The summed E-state index contributed by atoms with van der Waals surface area (Å²) in [6, 6.07) is 5.61. The first-order valence-corrected chi connectivity index (χ1v) is 12.4. The molecule has 158 valence electrons. The molecule has 0 aliphatic carbocycles. The topological polar surface area (TPSA) is 109 Å². The lowest BCUT2D eigenvalue weighted by Crippen LogP contribution is -2.42. The van der Waals surface area contributed by atoms with Crippen molar-refractivity contribution in [3.63, 3.8) is 0 Å². The SMILES string of the molecule is Cc1ccc(-c2csc(NC(=O)C3=NN([C@H]4CCS(=O)(=O)C4)C(=O)CC3)n2)c(C)c1. The van der Waals surface area contributed by atoms with Crippen molar-refractivity contribution in [2.24, 2.45) is 5.10 Å². The predicted molar refractivity (Wildman–Crippen MR) is 116 cm³/mol. The third-order valence-corrected chi connectivity index (χ3v) is 7.77. The first-order valence-electron chi connectivity index (χ1n) is 9.66. The van der Waals surface area contributed by atoms with Gasteiger partial charge in [-0.2, -0.15) is 5.10 Å². The van der Waals surface area contributed by atoms with Gasteiger partial charge in [-0.15, -0.1) is 11.3 Å². The van der Waals surface area contributed by atoms with E-state index in [0.29, 0.717) is 11.6 Å². The number of amides is 2. The van der Waals surface area contributed by atoms with Crippen LogP contribution in [0.4, 0.5) is 5.13 Å². The van der Waals surface area contributed by atoms with Crippen molar-refractivity contribution in [3.8, 4) is 11.3 Å². The molecule has 0 saturated carbocycles. The third-order valence-electron chi connectivity index (χ3n) is 5.26. The van der Waals surface area contributed by atoms with E-state index < -0.39 is 21.8 Å². The van der Waals surface area contributed by atoms with Crippen LogP contribution in [0.1, 0.15) is 30.4 Å². The van der Waals surface area contributed by atoms with E-state index in [1.54, 1.807) is 0 Å². The Kier molecular flexibility index (Phi) is 5.46. The number of thiazole rings is 1. The Bertz CT molecular complexity index is 1150. The smallest absolute Gasteiger partial charge is 0.273 e. The number of hydrazone groups is 1. The lowest BCUT2D eigenvalue weighted by molar-refractivity contribution is -0.133. The maximum Gasteiger partial charge on any atom is 0.273 e. The maximum atomic E-state index is 12.7. The maximum absolute atomic E-state index is 12.7. The number of nitrogens with zero attached hydrogens (tertiary/aromatic N) is 3. The molecule has 0 unspecified atom stereocenters. The molecule has 2 amide bonds. The Morgan fingerprint density at radius 1 is 1.27 bits per heavy atom. The molecule has 2 aromatic rings. The van der Waals surface area contributed by atoms with E-state index in [0.717, 1.165) is 16.8 Å². The average molecular weight is 447 g/mol. The molecule has 1 aromatic carbocycles. The number of rotatable bonds is 4. The van der Waals surface area contributed by atoms with Gasteiger partial charge in [-0.1, -0.05) is 23.8 Å². The summed E-state index contributed by atoms with van der Waals surface area (Å²) in [6.45, 7) is 4.05. The first kappa shape index (κ1) is 20.7. The predicted octanol–water partition coefficient (Wildman–Crippen LogP) is 2.53. The summed E-state index contributed by atoms with van der Waals surface area (Å²) in [5.74, 6) is -0.739. The highest BCUT2D eigenvalue weighted by molar-refractivity contribution is 7.91. The third kappa shape index (κ3) is 4.29. The van der Waals surface area contributed by atoms with Gasteiger partial charge in [-0.25, -0.2) is 18.4 Å². The number of benzene rings is 1. The van der Waals surface area contributed by atoms with Crippen LogP contribution in [0.15, 0.2) is 28.7 Å². The fourth-order valence-corrected chi connectivity index (χ4v) is 6.11. The number of nitrogens with one attached hydrogen (secondary N) is 1. The number of hydrogen-bond donors (Lipinski definition) is 1. The highest BCUT2D eigenvalue weighted by Gasteiger charge is 2.37. The van der Waals surface area contributed by atoms with Crippen molar-refractivity contribution >= 4 is 43.8 Å². The van der Waals surface area contributed by atoms with Crippen molar-refractivity contribution in [2.45, 2.75) is 39.2 Å². The second-order valence-electron chi connectivity index (χ2n) is 7.65. The van der Waals surface area contributed by atoms with E-state index in [1.165, 1.54) is 21.9 Å². The highest BCUT2D eigenvalue weighted by Crippen LogP contribution is 2.28. The lowest BCUT2D eigenvalue weighted by atomic mass is 10.0. The van der Waals surface area contributed by atoms with E-state index in [-0.39, 0.29) is 36.0 Å². The Morgan fingerprint density at radius 2 is 2.07 bits per heavy atom. The molecule has 0 bridgehead atoms. The molecular formula is C20H22N4O4S2. The van der Waals surface area contributed by atoms with Gasteiger partial charge in [-0.3, -0.25) is 14.9 Å². The molecule has 2 aliphatic rings. The standard InChI is InChI=1S/C20H22N4O4S2/c1-12-3-4-15(13(2)9-12)17-10-29-20(21-17)22-19(26)16-5-6-18(25)24(23-16)14-7-8-30(27,28)11-14/h3-4,9-10,14H,5-8,11H2,1-2H3,(H,21,22,26)/t14-/m0/s1. The van der Waals surface area contributed by atoms with E-state index in [2.05, 4.69) is 21.5 Å². The molecule has 0 spiro atoms. The van der Waals surface area contributed by atoms with Gasteiger partial charge in [0, 0.05) is 23.8 Å². The van der Waals surface area contributed by atoms with Crippen LogP contribution in [-0.2, 0) is 19.4 Å². The number of sulfone groups is 1. The molecule has 1 aromatic heterocycles. The summed E-state index contributed by atoms with van der Waals surface area (Å²) in [7, 11) is -3.16. The van der Waals surface area contributed by atoms with Crippen LogP contribution in [0, 0.1) is 13.8 Å². The van der Waals surface area contributed by atoms with Gasteiger partial charge in [-0.05, 0) is 25.8 Å². The van der Waals surface area contributed by atoms with Gasteiger partial charge >= 0.3 is 0 Å². The zero-order valence-corrected chi connectivity index (χ0v) is 18.3. The van der Waals surface area contributed by atoms with Gasteiger partial charge in [0.25, 0.3) is 5.91 Å². The fourth-order valence-electron chi connectivity index (χ4n) is 3.71. The van der Waals surface area contributed by atoms with Crippen molar-refractivity contribution < 1.29 is 18.0 Å². The number of hydrogen-bond acceptors (Lipinski definition) is 7. The lowest BCUT2D eigenvalue weighted by Gasteiger charge is -2.27. The molecule has 1 atom stereocenters. The van der Waals surface area contributed by atoms with Crippen LogP contribution in [-0.4, -0.2) is 53.5 Å². The molecule has 1 N–H and O–H groups in total. The Balaban J connectivity index is 1.49. The van der Waals surface area contributed by atoms with E-state index in [1.807, 2.05) is 31.4 Å². The van der Waals surface area contributed by atoms with Crippen molar-refractivity contribution in [3.05, 3.63) is 34.7 Å². The zero-order chi connectivity index (χ0) is 21.5. The molecule has 1 fully saturated rings. The number of aryl methyl sites for hydroxylation is 2. The molecular weight excluding hydrogens is 424 g/mol. The first-order chi connectivity index (χ1) is 14.2. The van der Waals surface area contributed by atoms with Gasteiger partial charge in [0.05, 0.1) is 23.2 Å². The van der Waals surface area contributed by atoms with E-state index >= 15 is 0 Å². The summed E-state index contributed by atoms with van der Waals surface area (Å²) in [5.41, 5.74) is 4.28. The van der Waals surface area contributed by atoms with E-state index in [9.17, 15) is 18.0 Å². The number of anilines is 1. The number of aromatic nitrogens is 1. The zero-order valence-electron chi connectivity index (χ0n) is 16.7. The largest absolute Gasteiger partial charge is 0.297 e. The highest BCUT2D eigenvalue weighted by atomic mass is 32.2. The number of carbonyl (C=O) groups is 2. The molecule has 10 heteroatoms. The van der Waals surface area contributed by atoms with Crippen LogP contribution in [0.5, 0.6) is 0 Å². The van der Waals surface area contributed by atoms with Crippen molar-refractivity contribution in [1.29, 1.82) is 0 Å². The van der Waals surface area contributed by atoms with Crippen molar-refractivity contribution in [2.75, 3.05) is 16.8 Å². The molecule has 3 heterocycles. The van der Waals surface area contributed by atoms with Gasteiger partial charge in [0.1, 0.15) is 5.71 Å². The Labute approximate surface area is 178 Å². The van der Waals surface area contributed by atoms with Gasteiger partial charge < -0.3 is 0 Å². The fraction of sp³-hybridized carbons (Fsp3) is 0.400. The molecule has 30 heavy (non-hydrogen) atoms. The molecule has 4 rings (SSSR count). The molecule has 2 aliphatic heterocycles. The normalized spacial score (nSPS) is 20.9. The molecule has 0 radical (unpaired) electrons. The summed E-state index contributed by atoms with van der Waals surface area (Å²) in [6.07, 6.45) is 0.697.